The third kappa shape index (κ3) is 10.5. The molecule has 18 heavy (non-hydrogen) atoms. The summed E-state index contributed by atoms with van der Waals surface area (Å²) < 4.78 is 4.74. The molecule has 3 N–H and O–H groups in total. The molecule has 2 atom stereocenters. The smallest absolute Gasteiger partial charge is 0.305 e. The monoisotopic (exact) mass is 262 g/mol. The lowest BCUT2D eigenvalue weighted by Crippen LogP contribution is -2.22. The number of hydrogen-bond acceptors (Lipinski definition) is 5. The number of carbonyl (C=O) groups excluding carboxylic acids is 1. The lowest BCUT2D eigenvalue weighted by atomic mass is 10.1. The van der Waals surface area contributed by atoms with Gasteiger partial charge in [-0.15, -0.1) is 0 Å². The van der Waals surface area contributed by atoms with Gasteiger partial charge in [-0.2, -0.15) is 0 Å². The van der Waals surface area contributed by atoms with E-state index in [9.17, 15) is 9.90 Å². The average molecular weight is 262 g/mol. The molecule has 0 rings (SSSR count). The first-order valence-electron chi connectivity index (χ1n) is 6.72. The molecular weight excluding hydrogens is 236 g/mol. The summed E-state index contributed by atoms with van der Waals surface area (Å²) in [7, 11) is 0. The Kier molecular flexibility index (Phi) is 11.0. The van der Waals surface area contributed by atoms with Crippen molar-refractivity contribution in [3.05, 3.63) is 0 Å². The molecule has 0 aromatic carbocycles. The topological polar surface area (TPSA) is 87.0 Å². The standard InChI is InChI=1S/C13H26O5/c1-2-3-4-6-11(15)7-5-8-13(17)18-10-12(16)9-14/h11-12,14-16H,2-10H2,1H3/t11-,12+/m0/s1. The second kappa shape index (κ2) is 11.4. The van der Waals surface area contributed by atoms with Crippen molar-refractivity contribution in [3.63, 3.8) is 0 Å². The van der Waals surface area contributed by atoms with Crippen LogP contribution in [0.4, 0.5) is 0 Å². The molecule has 0 heterocycles. The van der Waals surface area contributed by atoms with E-state index in [0.717, 1.165) is 25.7 Å². The molecule has 5 heteroatoms. The van der Waals surface area contributed by atoms with Gasteiger partial charge in [-0.25, -0.2) is 0 Å². The molecular formula is C13H26O5. The van der Waals surface area contributed by atoms with E-state index in [-0.39, 0.29) is 19.1 Å². The lowest BCUT2D eigenvalue weighted by Gasteiger charge is -2.10. The van der Waals surface area contributed by atoms with E-state index in [4.69, 9.17) is 14.9 Å². The van der Waals surface area contributed by atoms with E-state index in [2.05, 4.69) is 6.92 Å². The van der Waals surface area contributed by atoms with E-state index >= 15 is 0 Å². The van der Waals surface area contributed by atoms with E-state index in [1.165, 1.54) is 0 Å². The third-order valence-electron chi connectivity index (χ3n) is 2.71. The van der Waals surface area contributed by atoms with Gasteiger partial charge in [0.15, 0.2) is 0 Å². The molecule has 0 saturated carbocycles. The summed E-state index contributed by atoms with van der Waals surface area (Å²) in [6, 6.07) is 0. The normalized spacial score (nSPS) is 14.2. The molecule has 0 aliphatic rings. The van der Waals surface area contributed by atoms with Crippen molar-refractivity contribution in [2.45, 2.75) is 64.1 Å². The van der Waals surface area contributed by atoms with Gasteiger partial charge in [-0.3, -0.25) is 4.79 Å². The SMILES string of the molecule is CCCCC[C@H](O)CCCC(=O)OC[C@H](O)CO. The zero-order chi connectivity index (χ0) is 13.8. The molecule has 0 radical (unpaired) electrons. The number of aliphatic hydroxyl groups excluding tert-OH is 3. The maximum atomic E-state index is 11.2. The zero-order valence-electron chi connectivity index (χ0n) is 11.2. The van der Waals surface area contributed by atoms with Gasteiger partial charge in [0, 0.05) is 6.42 Å². The molecule has 0 bridgehead atoms. The van der Waals surface area contributed by atoms with Crippen molar-refractivity contribution in [1.29, 1.82) is 0 Å². The second-order valence-electron chi connectivity index (χ2n) is 4.56. The first kappa shape index (κ1) is 17.4. The van der Waals surface area contributed by atoms with Gasteiger partial charge in [0.1, 0.15) is 12.7 Å². The Morgan fingerprint density at radius 2 is 1.78 bits per heavy atom. The van der Waals surface area contributed by atoms with Gasteiger partial charge in [0.25, 0.3) is 0 Å². The molecule has 0 unspecified atom stereocenters. The molecule has 0 aromatic rings. The minimum Gasteiger partial charge on any atom is -0.463 e. The molecule has 108 valence electrons. The van der Waals surface area contributed by atoms with Crippen molar-refractivity contribution in [1.82, 2.24) is 0 Å². The highest BCUT2D eigenvalue weighted by Gasteiger charge is 2.09. The number of aliphatic hydroxyl groups is 3. The Hall–Kier alpha value is -0.650. The van der Waals surface area contributed by atoms with Crippen LogP contribution in [0, 0.1) is 0 Å². The highest BCUT2D eigenvalue weighted by Crippen LogP contribution is 2.10. The van der Waals surface area contributed by atoms with Crippen LogP contribution in [0.2, 0.25) is 0 Å². The van der Waals surface area contributed by atoms with Crippen LogP contribution in [0.1, 0.15) is 51.9 Å². The molecule has 0 spiro atoms. The summed E-state index contributed by atoms with van der Waals surface area (Å²) in [6.07, 6.45) is 4.13. The largest absolute Gasteiger partial charge is 0.463 e. The molecule has 0 amide bonds. The predicted octanol–water partition coefficient (Wildman–Crippen LogP) is 0.994. The Bertz CT molecular complexity index is 208. The molecule has 0 aromatic heterocycles. The van der Waals surface area contributed by atoms with E-state index < -0.39 is 18.7 Å². The Morgan fingerprint density at radius 1 is 1.11 bits per heavy atom. The van der Waals surface area contributed by atoms with Crippen molar-refractivity contribution >= 4 is 5.97 Å². The fourth-order valence-electron chi connectivity index (χ4n) is 1.57. The van der Waals surface area contributed by atoms with Gasteiger partial charge in [-0.1, -0.05) is 26.2 Å². The van der Waals surface area contributed by atoms with Crippen LogP contribution in [0.25, 0.3) is 0 Å². The summed E-state index contributed by atoms with van der Waals surface area (Å²) >= 11 is 0. The summed E-state index contributed by atoms with van der Waals surface area (Å²) in [5.74, 6) is -0.400. The van der Waals surface area contributed by atoms with Crippen molar-refractivity contribution in [2.75, 3.05) is 13.2 Å². The predicted molar refractivity (Wildman–Crippen MR) is 68.1 cm³/mol. The maximum absolute atomic E-state index is 11.2. The number of esters is 1. The fraction of sp³-hybridized carbons (Fsp3) is 0.923. The van der Waals surface area contributed by atoms with Gasteiger partial charge in [-0.05, 0) is 19.3 Å². The maximum Gasteiger partial charge on any atom is 0.305 e. The van der Waals surface area contributed by atoms with Crippen LogP contribution < -0.4 is 0 Å². The number of carbonyl (C=O) groups is 1. The number of rotatable bonds is 11. The first-order chi connectivity index (χ1) is 8.60. The van der Waals surface area contributed by atoms with Crippen LogP contribution in [0.3, 0.4) is 0 Å². The Labute approximate surface area is 109 Å². The number of hydrogen-bond donors (Lipinski definition) is 3. The van der Waals surface area contributed by atoms with Crippen LogP contribution in [-0.2, 0) is 9.53 Å². The summed E-state index contributed by atoms with van der Waals surface area (Å²) in [4.78, 5) is 11.2. The van der Waals surface area contributed by atoms with Gasteiger partial charge in [0.2, 0.25) is 0 Å². The Balaban J connectivity index is 3.43. The third-order valence-corrected chi connectivity index (χ3v) is 2.71. The van der Waals surface area contributed by atoms with Crippen molar-refractivity contribution in [2.24, 2.45) is 0 Å². The van der Waals surface area contributed by atoms with Crippen molar-refractivity contribution in [3.8, 4) is 0 Å². The highest BCUT2D eigenvalue weighted by molar-refractivity contribution is 5.69. The average Bonchev–Trinajstić information content (AvgIpc) is 2.36. The summed E-state index contributed by atoms with van der Waals surface area (Å²) in [5.41, 5.74) is 0. The van der Waals surface area contributed by atoms with Gasteiger partial charge >= 0.3 is 5.97 Å². The van der Waals surface area contributed by atoms with Gasteiger partial charge in [0.05, 0.1) is 12.7 Å². The first-order valence-corrected chi connectivity index (χ1v) is 6.72. The number of ether oxygens (including phenoxy) is 1. The van der Waals surface area contributed by atoms with Crippen LogP contribution >= 0.6 is 0 Å². The van der Waals surface area contributed by atoms with Crippen LogP contribution in [0.5, 0.6) is 0 Å². The van der Waals surface area contributed by atoms with E-state index in [0.29, 0.717) is 12.8 Å². The molecule has 0 aliphatic heterocycles. The fourth-order valence-corrected chi connectivity index (χ4v) is 1.57. The number of unbranched alkanes of at least 4 members (excludes halogenated alkanes) is 2. The molecule has 0 fully saturated rings. The quantitative estimate of drug-likeness (QED) is 0.382. The highest BCUT2D eigenvalue weighted by atomic mass is 16.5. The zero-order valence-corrected chi connectivity index (χ0v) is 11.2. The van der Waals surface area contributed by atoms with Gasteiger partial charge < -0.3 is 20.1 Å². The second-order valence-corrected chi connectivity index (χ2v) is 4.56. The van der Waals surface area contributed by atoms with Crippen LogP contribution in [0.15, 0.2) is 0 Å². The van der Waals surface area contributed by atoms with E-state index in [1.807, 2.05) is 0 Å². The van der Waals surface area contributed by atoms with E-state index in [1.54, 1.807) is 0 Å². The van der Waals surface area contributed by atoms with Crippen LogP contribution in [-0.4, -0.2) is 46.7 Å². The summed E-state index contributed by atoms with van der Waals surface area (Å²) in [6.45, 7) is 1.53. The van der Waals surface area contributed by atoms with Crippen molar-refractivity contribution < 1.29 is 24.9 Å². The molecule has 0 saturated heterocycles. The summed E-state index contributed by atoms with van der Waals surface area (Å²) in [5, 5.41) is 27.1. The Morgan fingerprint density at radius 3 is 2.39 bits per heavy atom. The molecule has 5 nitrogen and oxygen atoms in total. The lowest BCUT2D eigenvalue weighted by molar-refractivity contribution is -0.147. The minimum atomic E-state index is -1.01. The minimum absolute atomic E-state index is 0.172. The molecule has 0 aliphatic carbocycles.